The van der Waals surface area contributed by atoms with E-state index in [0.717, 1.165) is 5.56 Å². The van der Waals surface area contributed by atoms with Gasteiger partial charge in [0.05, 0.1) is 24.8 Å². The second-order valence-corrected chi connectivity index (χ2v) is 6.67. The zero-order valence-corrected chi connectivity index (χ0v) is 15.4. The number of methoxy groups -OCH3 is 1. The summed E-state index contributed by atoms with van der Waals surface area (Å²) in [5.41, 5.74) is 1.55. The molecule has 26 heavy (non-hydrogen) atoms. The monoisotopic (exact) mass is 373 g/mol. The number of anilines is 1. The third-order valence-electron chi connectivity index (χ3n) is 4.49. The van der Waals surface area contributed by atoms with E-state index in [1.807, 2.05) is 19.1 Å². The number of benzene rings is 1. The molecular weight excluding hydrogens is 354 g/mol. The molecule has 0 radical (unpaired) electrons. The summed E-state index contributed by atoms with van der Waals surface area (Å²) in [7, 11) is 1.54. The Labute approximate surface area is 157 Å². The number of rotatable bonds is 5. The van der Waals surface area contributed by atoms with E-state index in [2.05, 4.69) is 10.3 Å². The lowest BCUT2D eigenvalue weighted by molar-refractivity contribution is -0.126. The van der Waals surface area contributed by atoms with Gasteiger partial charge in [0.2, 0.25) is 11.8 Å². The SMILES string of the molecule is COc1ccc(Cl)cc1N1CC(C(=O)NC(C)c2ccncc2)CC1=O. The molecule has 1 aromatic heterocycles. The molecule has 3 rings (SSSR count). The van der Waals surface area contributed by atoms with Crippen molar-refractivity contribution in [2.24, 2.45) is 5.92 Å². The van der Waals surface area contributed by atoms with E-state index in [-0.39, 0.29) is 24.3 Å². The summed E-state index contributed by atoms with van der Waals surface area (Å²) < 4.78 is 5.32. The maximum Gasteiger partial charge on any atom is 0.227 e. The van der Waals surface area contributed by atoms with Crippen molar-refractivity contribution < 1.29 is 14.3 Å². The van der Waals surface area contributed by atoms with Crippen LogP contribution in [0.2, 0.25) is 5.02 Å². The fourth-order valence-electron chi connectivity index (χ4n) is 3.06. The van der Waals surface area contributed by atoms with Crippen molar-refractivity contribution in [3.05, 3.63) is 53.3 Å². The number of aromatic nitrogens is 1. The highest BCUT2D eigenvalue weighted by molar-refractivity contribution is 6.31. The van der Waals surface area contributed by atoms with Crippen LogP contribution in [-0.4, -0.2) is 30.5 Å². The zero-order chi connectivity index (χ0) is 18.7. The molecule has 2 atom stereocenters. The van der Waals surface area contributed by atoms with Crippen LogP contribution in [0.4, 0.5) is 5.69 Å². The Balaban J connectivity index is 1.71. The maximum absolute atomic E-state index is 12.6. The van der Waals surface area contributed by atoms with E-state index in [0.29, 0.717) is 23.0 Å². The van der Waals surface area contributed by atoms with Gasteiger partial charge in [-0.2, -0.15) is 0 Å². The number of carbonyl (C=O) groups excluding carboxylic acids is 2. The summed E-state index contributed by atoms with van der Waals surface area (Å²) in [5, 5.41) is 3.47. The first-order chi connectivity index (χ1) is 12.5. The molecule has 0 saturated carbocycles. The van der Waals surface area contributed by atoms with Gasteiger partial charge >= 0.3 is 0 Å². The molecule has 2 amide bonds. The summed E-state index contributed by atoms with van der Waals surface area (Å²) in [4.78, 5) is 30.6. The van der Waals surface area contributed by atoms with Crippen LogP contribution in [-0.2, 0) is 9.59 Å². The lowest BCUT2D eigenvalue weighted by Crippen LogP contribution is -2.34. The van der Waals surface area contributed by atoms with E-state index in [1.165, 1.54) is 7.11 Å². The minimum Gasteiger partial charge on any atom is -0.495 e. The van der Waals surface area contributed by atoms with Gasteiger partial charge < -0.3 is 15.0 Å². The Morgan fingerprint density at radius 2 is 2.08 bits per heavy atom. The molecule has 2 heterocycles. The first kappa shape index (κ1) is 18.2. The molecule has 1 N–H and O–H groups in total. The van der Waals surface area contributed by atoms with E-state index in [9.17, 15) is 9.59 Å². The topological polar surface area (TPSA) is 71.5 Å². The highest BCUT2D eigenvalue weighted by atomic mass is 35.5. The van der Waals surface area contributed by atoms with Gasteiger partial charge in [0, 0.05) is 30.4 Å². The van der Waals surface area contributed by atoms with Gasteiger partial charge in [-0.25, -0.2) is 0 Å². The second kappa shape index (κ2) is 7.74. The molecular formula is C19H20ClN3O3. The Morgan fingerprint density at radius 1 is 1.35 bits per heavy atom. The number of pyridine rings is 1. The van der Waals surface area contributed by atoms with Gasteiger partial charge in [0.15, 0.2) is 0 Å². The van der Waals surface area contributed by atoms with Crippen LogP contribution >= 0.6 is 11.6 Å². The van der Waals surface area contributed by atoms with Crippen LogP contribution in [0.3, 0.4) is 0 Å². The fourth-order valence-corrected chi connectivity index (χ4v) is 3.22. The Bertz CT molecular complexity index is 813. The van der Waals surface area contributed by atoms with Crippen molar-refractivity contribution in [3.63, 3.8) is 0 Å². The first-order valence-electron chi connectivity index (χ1n) is 8.33. The average Bonchev–Trinajstić information content (AvgIpc) is 3.04. The molecule has 136 valence electrons. The highest BCUT2D eigenvalue weighted by Crippen LogP contribution is 2.35. The molecule has 1 aromatic carbocycles. The number of nitrogens with zero attached hydrogens (tertiary/aromatic N) is 2. The minimum absolute atomic E-state index is 0.123. The predicted molar refractivity (Wildman–Crippen MR) is 99.3 cm³/mol. The fraction of sp³-hybridized carbons (Fsp3) is 0.316. The number of carbonyl (C=O) groups is 2. The molecule has 1 aliphatic heterocycles. The van der Waals surface area contributed by atoms with E-state index < -0.39 is 5.92 Å². The maximum atomic E-state index is 12.6. The summed E-state index contributed by atoms with van der Waals surface area (Å²) in [6.45, 7) is 2.20. The largest absolute Gasteiger partial charge is 0.495 e. The van der Waals surface area contributed by atoms with Crippen molar-refractivity contribution in [2.75, 3.05) is 18.6 Å². The minimum atomic E-state index is -0.421. The molecule has 0 aliphatic carbocycles. The van der Waals surface area contributed by atoms with Gasteiger partial charge in [-0.15, -0.1) is 0 Å². The van der Waals surface area contributed by atoms with Gasteiger partial charge in [0.25, 0.3) is 0 Å². The number of halogens is 1. The zero-order valence-electron chi connectivity index (χ0n) is 14.6. The normalized spacial score (nSPS) is 17.9. The lowest BCUT2D eigenvalue weighted by atomic mass is 10.1. The molecule has 0 bridgehead atoms. The molecule has 1 aliphatic rings. The van der Waals surface area contributed by atoms with Crippen molar-refractivity contribution in [1.82, 2.24) is 10.3 Å². The van der Waals surface area contributed by atoms with Crippen LogP contribution in [0.25, 0.3) is 0 Å². The molecule has 6 nitrogen and oxygen atoms in total. The predicted octanol–water partition coefficient (Wildman–Crippen LogP) is 2.97. The quantitative estimate of drug-likeness (QED) is 0.874. The molecule has 1 fully saturated rings. The second-order valence-electron chi connectivity index (χ2n) is 6.23. The third kappa shape index (κ3) is 3.80. The third-order valence-corrected chi connectivity index (χ3v) is 4.73. The van der Waals surface area contributed by atoms with Crippen molar-refractivity contribution in [3.8, 4) is 5.75 Å². The highest BCUT2D eigenvalue weighted by Gasteiger charge is 2.36. The molecule has 1 saturated heterocycles. The first-order valence-corrected chi connectivity index (χ1v) is 8.71. The van der Waals surface area contributed by atoms with Crippen LogP contribution in [0, 0.1) is 5.92 Å². The van der Waals surface area contributed by atoms with Crippen molar-refractivity contribution in [2.45, 2.75) is 19.4 Å². The number of ether oxygens (including phenoxy) is 1. The Kier molecular flexibility index (Phi) is 5.42. The molecule has 7 heteroatoms. The number of nitrogens with one attached hydrogen (secondary N) is 1. The molecule has 2 unspecified atom stereocenters. The summed E-state index contributed by atoms with van der Waals surface area (Å²) >= 11 is 6.06. The van der Waals surface area contributed by atoms with Gasteiger partial charge in [-0.1, -0.05) is 11.6 Å². The molecule has 0 spiro atoms. The number of amides is 2. The van der Waals surface area contributed by atoms with Crippen molar-refractivity contribution in [1.29, 1.82) is 0 Å². The summed E-state index contributed by atoms with van der Waals surface area (Å²) in [6, 6.07) is 8.64. The van der Waals surface area contributed by atoms with Crippen LogP contribution < -0.4 is 15.0 Å². The summed E-state index contributed by atoms with van der Waals surface area (Å²) in [6.07, 6.45) is 3.53. The Morgan fingerprint density at radius 3 is 2.77 bits per heavy atom. The van der Waals surface area contributed by atoms with E-state index in [4.69, 9.17) is 16.3 Å². The number of hydrogen-bond acceptors (Lipinski definition) is 4. The van der Waals surface area contributed by atoms with E-state index in [1.54, 1.807) is 35.5 Å². The smallest absolute Gasteiger partial charge is 0.227 e. The lowest BCUT2D eigenvalue weighted by Gasteiger charge is -2.20. The summed E-state index contributed by atoms with van der Waals surface area (Å²) in [5.74, 6) is -0.141. The van der Waals surface area contributed by atoms with E-state index >= 15 is 0 Å². The molecule has 2 aromatic rings. The van der Waals surface area contributed by atoms with Gasteiger partial charge in [-0.05, 0) is 42.8 Å². The average molecular weight is 374 g/mol. The van der Waals surface area contributed by atoms with Gasteiger partial charge in [-0.3, -0.25) is 14.6 Å². The van der Waals surface area contributed by atoms with Crippen LogP contribution in [0.15, 0.2) is 42.7 Å². The van der Waals surface area contributed by atoms with Gasteiger partial charge in [0.1, 0.15) is 5.75 Å². The van der Waals surface area contributed by atoms with Crippen LogP contribution in [0.1, 0.15) is 24.9 Å². The van der Waals surface area contributed by atoms with Crippen LogP contribution in [0.5, 0.6) is 5.75 Å². The Hall–Kier alpha value is -2.60. The number of hydrogen-bond donors (Lipinski definition) is 1. The standard InChI is InChI=1S/C19H20ClN3O3/c1-12(13-5-7-21-8-6-13)22-19(25)14-9-18(24)23(11-14)16-10-15(20)3-4-17(16)26-2/h3-8,10,12,14H,9,11H2,1-2H3,(H,22,25). The van der Waals surface area contributed by atoms with Crippen molar-refractivity contribution >= 4 is 29.1 Å².